The summed E-state index contributed by atoms with van der Waals surface area (Å²) in [6.45, 7) is 12.4. The summed E-state index contributed by atoms with van der Waals surface area (Å²) >= 11 is 1.24. The van der Waals surface area contributed by atoms with Crippen molar-refractivity contribution in [2.75, 3.05) is 31.2 Å². The van der Waals surface area contributed by atoms with Crippen molar-refractivity contribution in [2.24, 2.45) is 4.99 Å². The summed E-state index contributed by atoms with van der Waals surface area (Å²) in [4.78, 5) is 20.1. The molecule has 0 fully saturated rings. The number of ether oxygens (including phenoxy) is 2. The number of benzene rings is 2. The van der Waals surface area contributed by atoms with Crippen LogP contribution in [-0.2, 0) is 9.53 Å². The molecule has 6 nitrogen and oxygen atoms in total. The number of nitrogens with zero attached hydrogens (tertiary/aromatic N) is 2. The quantitative estimate of drug-likeness (QED) is 0.417. The number of aliphatic imine (C=N–C) groups is 1. The SMILES string of the molecule is CCOC(=O)C1=C(O)/C(=C/c2ccc(N(CC)CC)cc2OCC)SC1=Nc1ccc(C)cc1. The van der Waals surface area contributed by atoms with Crippen LogP contribution in [0.2, 0.25) is 0 Å². The molecule has 0 radical (unpaired) electrons. The van der Waals surface area contributed by atoms with Crippen LogP contribution in [0.3, 0.4) is 0 Å². The number of carbonyl (C=O) groups is 1. The fraction of sp³-hybridized carbons (Fsp3) is 0.333. The topological polar surface area (TPSA) is 71.4 Å². The van der Waals surface area contributed by atoms with Crippen molar-refractivity contribution in [1.82, 2.24) is 0 Å². The zero-order valence-corrected chi connectivity index (χ0v) is 21.2. The number of hydrogen-bond donors (Lipinski definition) is 1. The second-order valence-corrected chi connectivity index (χ2v) is 8.67. The van der Waals surface area contributed by atoms with Crippen molar-refractivity contribution in [3.8, 4) is 5.75 Å². The number of carbonyl (C=O) groups excluding carboxylic acids is 1. The van der Waals surface area contributed by atoms with Crippen LogP contribution in [0.4, 0.5) is 11.4 Å². The monoisotopic (exact) mass is 480 g/mol. The highest BCUT2D eigenvalue weighted by molar-refractivity contribution is 8.18. The molecular weight excluding hydrogens is 448 g/mol. The first-order chi connectivity index (χ1) is 16.4. The summed E-state index contributed by atoms with van der Waals surface area (Å²) in [6, 6.07) is 13.7. The third-order valence-electron chi connectivity index (χ3n) is 5.35. The lowest BCUT2D eigenvalue weighted by atomic mass is 10.1. The Hall–Kier alpha value is -3.19. The van der Waals surface area contributed by atoms with Gasteiger partial charge in [0.1, 0.15) is 22.1 Å². The van der Waals surface area contributed by atoms with E-state index < -0.39 is 5.97 Å². The second kappa shape index (κ2) is 11.8. The normalized spacial score (nSPS) is 15.8. The van der Waals surface area contributed by atoms with Gasteiger partial charge in [0.15, 0.2) is 0 Å². The first kappa shape index (κ1) is 25.4. The molecule has 2 aromatic carbocycles. The van der Waals surface area contributed by atoms with Crippen LogP contribution in [0.5, 0.6) is 5.75 Å². The van der Waals surface area contributed by atoms with E-state index in [-0.39, 0.29) is 17.9 Å². The Balaban J connectivity index is 2.05. The Morgan fingerprint density at radius 1 is 1.06 bits per heavy atom. The molecule has 1 aliphatic heterocycles. The maximum atomic E-state index is 12.7. The highest BCUT2D eigenvalue weighted by atomic mass is 32.2. The maximum absolute atomic E-state index is 12.7. The van der Waals surface area contributed by atoms with Gasteiger partial charge in [0.05, 0.1) is 23.8 Å². The highest BCUT2D eigenvalue weighted by Gasteiger charge is 2.33. The van der Waals surface area contributed by atoms with E-state index in [0.29, 0.717) is 22.2 Å². The Morgan fingerprint density at radius 3 is 2.38 bits per heavy atom. The summed E-state index contributed by atoms with van der Waals surface area (Å²) in [5.41, 5.74) is 3.78. The van der Waals surface area contributed by atoms with E-state index in [1.807, 2.05) is 62.4 Å². The van der Waals surface area contributed by atoms with Gasteiger partial charge < -0.3 is 19.5 Å². The Bertz CT molecular complexity index is 1120. The number of hydrogen-bond acceptors (Lipinski definition) is 7. The number of rotatable bonds is 9. The standard InChI is InChI=1S/C27H32N2O4S/c1-6-29(7-2)21-15-12-19(22(17-21)32-8-3)16-23-25(30)24(27(31)33-9-4)26(34-23)28-20-13-10-18(5)11-14-20/h10-17,30H,6-9H2,1-5H3/b23-16-,28-26?. The largest absolute Gasteiger partial charge is 0.506 e. The predicted octanol–water partition coefficient (Wildman–Crippen LogP) is 6.43. The average Bonchev–Trinajstić information content (AvgIpc) is 3.12. The third kappa shape index (κ3) is 5.83. The molecule has 34 heavy (non-hydrogen) atoms. The summed E-state index contributed by atoms with van der Waals surface area (Å²) in [6.07, 6.45) is 1.83. The van der Waals surface area contributed by atoms with Crippen molar-refractivity contribution in [3.05, 3.63) is 69.8 Å². The Kier molecular flexibility index (Phi) is 8.82. The van der Waals surface area contributed by atoms with Gasteiger partial charge in [0.2, 0.25) is 0 Å². The van der Waals surface area contributed by atoms with E-state index in [0.717, 1.165) is 35.7 Å². The fourth-order valence-electron chi connectivity index (χ4n) is 3.58. The van der Waals surface area contributed by atoms with Crippen molar-refractivity contribution < 1.29 is 19.4 Å². The van der Waals surface area contributed by atoms with Crippen LogP contribution >= 0.6 is 11.8 Å². The minimum atomic E-state index is -0.594. The molecule has 0 aliphatic carbocycles. The summed E-state index contributed by atoms with van der Waals surface area (Å²) in [7, 11) is 0. The van der Waals surface area contributed by atoms with Crippen LogP contribution < -0.4 is 9.64 Å². The predicted molar refractivity (Wildman–Crippen MR) is 141 cm³/mol. The number of anilines is 1. The lowest BCUT2D eigenvalue weighted by Crippen LogP contribution is -2.21. The maximum Gasteiger partial charge on any atom is 0.344 e. The molecule has 0 saturated carbocycles. The molecule has 0 amide bonds. The molecule has 1 aliphatic rings. The third-order valence-corrected chi connectivity index (χ3v) is 6.37. The number of esters is 1. The molecule has 0 aromatic heterocycles. The molecule has 0 atom stereocenters. The van der Waals surface area contributed by atoms with Crippen LogP contribution in [0.25, 0.3) is 6.08 Å². The highest BCUT2D eigenvalue weighted by Crippen LogP contribution is 2.41. The second-order valence-electron chi connectivity index (χ2n) is 7.63. The molecule has 1 heterocycles. The van der Waals surface area contributed by atoms with Crippen molar-refractivity contribution >= 4 is 40.2 Å². The molecule has 7 heteroatoms. The first-order valence-electron chi connectivity index (χ1n) is 11.6. The molecule has 0 bridgehead atoms. The van der Waals surface area contributed by atoms with E-state index in [2.05, 4.69) is 23.7 Å². The zero-order valence-electron chi connectivity index (χ0n) is 20.4. The summed E-state index contributed by atoms with van der Waals surface area (Å²) < 4.78 is 11.1. The van der Waals surface area contributed by atoms with Crippen LogP contribution in [-0.4, -0.2) is 42.4 Å². The molecule has 3 rings (SSSR count). The van der Waals surface area contributed by atoms with Gasteiger partial charge in [-0.2, -0.15) is 0 Å². The van der Waals surface area contributed by atoms with E-state index in [4.69, 9.17) is 9.47 Å². The lowest BCUT2D eigenvalue weighted by molar-refractivity contribution is -0.138. The van der Waals surface area contributed by atoms with Gasteiger partial charge >= 0.3 is 5.97 Å². The number of thioether (sulfide) groups is 1. The molecular formula is C27H32N2O4S. The minimum Gasteiger partial charge on any atom is -0.506 e. The average molecular weight is 481 g/mol. The Morgan fingerprint density at radius 2 is 1.76 bits per heavy atom. The molecule has 0 spiro atoms. The van der Waals surface area contributed by atoms with E-state index in [1.54, 1.807) is 6.92 Å². The number of aliphatic hydroxyl groups is 1. The fourth-order valence-corrected chi connectivity index (χ4v) is 4.60. The van der Waals surface area contributed by atoms with Crippen molar-refractivity contribution in [1.29, 1.82) is 0 Å². The van der Waals surface area contributed by atoms with Gasteiger partial charge in [0.25, 0.3) is 0 Å². The molecule has 1 N–H and O–H groups in total. The zero-order chi connectivity index (χ0) is 24.7. The van der Waals surface area contributed by atoms with E-state index >= 15 is 0 Å². The van der Waals surface area contributed by atoms with Gasteiger partial charge in [-0.25, -0.2) is 9.79 Å². The number of aliphatic hydroxyl groups excluding tert-OH is 1. The smallest absolute Gasteiger partial charge is 0.344 e. The lowest BCUT2D eigenvalue weighted by Gasteiger charge is -2.22. The van der Waals surface area contributed by atoms with Gasteiger partial charge in [-0.1, -0.05) is 29.5 Å². The van der Waals surface area contributed by atoms with E-state index in [1.165, 1.54) is 11.8 Å². The van der Waals surface area contributed by atoms with Gasteiger partial charge in [-0.3, -0.25) is 0 Å². The molecule has 2 aromatic rings. The molecule has 180 valence electrons. The minimum absolute atomic E-state index is 0.0800. The van der Waals surface area contributed by atoms with Gasteiger partial charge in [0, 0.05) is 30.4 Å². The summed E-state index contributed by atoms with van der Waals surface area (Å²) in [5, 5.41) is 11.4. The number of aryl methyl sites for hydroxylation is 1. The Labute approximate surface area is 206 Å². The van der Waals surface area contributed by atoms with Crippen LogP contribution in [0, 0.1) is 6.92 Å². The van der Waals surface area contributed by atoms with Gasteiger partial charge in [-0.15, -0.1) is 0 Å². The summed E-state index contributed by atoms with van der Waals surface area (Å²) in [5.74, 6) is -0.0114. The molecule has 0 unspecified atom stereocenters. The van der Waals surface area contributed by atoms with Crippen LogP contribution in [0.1, 0.15) is 38.8 Å². The van der Waals surface area contributed by atoms with E-state index in [9.17, 15) is 9.90 Å². The van der Waals surface area contributed by atoms with Crippen LogP contribution in [0.15, 0.2) is 63.7 Å². The van der Waals surface area contributed by atoms with Crippen molar-refractivity contribution in [3.63, 3.8) is 0 Å². The first-order valence-corrected chi connectivity index (χ1v) is 12.4. The van der Waals surface area contributed by atoms with Crippen molar-refractivity contribution in [2.45, 2.75) is 34.6 Å². The molecule has 0 saturated heterocycles. The van der Waals surface area contributed by atoms with Gasteiger partial charge in [-0.05, 0) is 65.0 Å².